The van der Waals surface area contributed by atoms with Crippen molar-refractivity contribution in [2.45, 2.75) is 105 Å². The molecule has 8 atom stereocenters. The lowest BCUT2D eigenvalue weighted by atomic mass is 9.84. The molecule has 20 heteroatoms. The third kappa shape index (κ3) is 7.62. The van der Waals surface area contributed by atoms with Crippen molar-refractivity contribution in [2.24, 2.45) is 17.8 Å². The first-order chi connectivity index (χ1) is 28.3. The number of halogens is 4. The van der Waals surface area contributed by atoms with Gasteiger partial charge in [-0.25, -0.2) is 22.6 Å². The van der Waals surface area contributed by atoms with E-state index in [4.69, 9.17) is 14.2 Å². The number of pyridine rings is 1. The van der Waals surface area contributed by atoms with Crippen LogP contribution in [0.1, 0.15) is 65.2 Å². The number of benzene rings is 1. The third-order valence-corrected chi connectivity index (χ3v) is 15.0. The number of amides is 4. The molecule has 1 aromatic heterocycles. The number of rotatable bonds is 9. The minimum atomic E-state index is -5.16. The number of ether oxygens (including phenoxy) is 3. The van der Waals surface area contributed by atoms with E-state index in [0.717, 1.165) is 4.90 Å². The number of alkyl halides is 4. The van der Waals surface area contributed by atoms with Crippen molar-refractivity contribution < 1.29 is 64.5 Å². The van der Waals surface area contributed by atoms with Crippen molar-refractivity contribution in [2.75, 3.05) is 33.5 Å². The van der Waals surface area contributed by atoms with E-state index in [1.807, 2.05) is 11.6 Å². The SMILES string of the molecule is COc1cnc(O[C@@H]2C[C@H]3C(=O)N[C@]4(C(=O)NS(=O)(=O)C5(CF)CC5)C[C@H]4C=CCC[C@@H](C)C[C@@H](C)[C@H](N(C(=O)O)C4(C(F)(F)F)CCOC4)C(=O)N3C2)c2ccccc12. The van der Waals surface area contributed by atoms with Crippen LogP contribution in [0.25, 0.3) is 10.8 Å². The molecule has 4 fully saturated rings. The van der Waals surface area contributed by atoms with Crippen LogP contribution >= 0.6 is 0 Å². The Morgan fingerprint density at radius 3 is 2.47 bits per heavy atom. The molecule has 3 aliphatic heterocycles. The number of fused-ring (bicyclic) bond motifs is 3. The molecule has 5 aliphatic rings. The Kier molecular flexibility index (Phi) is 11.5. The molecule has 1 unspecified atom stereocenters. The summed E-state index contributed by atoms with van der Waals surface area (Å²) in [6, 6.07) is 3.46. The number of sulfonamides is 1. The Morgan fingerprint density at radius 2 is 1.85 bits per heavy atom. The second kappa shape index (κ2) is 16.0. The van der Waals surface area contributed by atoms with Crippen LogP contribution in [-0.4, -0.2) is 126 Å². The fraction of sp³-hybridized carbons (Fsp3) is 0.625. The number of carbonyl (C=O) groups excluding carboxylic acids is 3. The summed E-state index contributed by atoms with van der Waals surface area (Å²) < 4.78 is 103. The van der Waals surface area contributed by atoms with Gasteiger partial charge in [0.05, 0.1) is 26.5 Å². The highest BCUT2D eigenvalue weighted by atomic mass is 32.2. The van der Waals surface area contributed by atoms with Gasteiger partial charge in [-0.3, -0.25) is 24.0 Å². The number of hydrogen-bond acceptors (Lipinski definition) is 10. The Hall–Kier alpha value is -4.72. The molecule has 0 bridgehead atoms. The minimum absolute atomic E-state index is 0.000556. The van der Waals surface area contributed by atoms with Gasteiger partial charge in [0.25, 0.3) is 5.91 Å². The van der Waals surface area contributed by atoms with E-state index in [2.05, 4.69) is 10.3 Å². The van der Waals surface area contributed by atoms with Crippen molar-refractivity contribution in [1.29, 1.82) is 0 Å². The fourth-order valence-corrected chi connectivity index (χ4v) is 10.5. The minimum Gasteiger partial charge on any atom is -0.494 e. The standard InChI is InChI=1S/C40H49F4N5O10S/c1-23-8-4-5-9-25-18-39(25,35(52)47-60(55,56)37(21-41)12-13-37)46-32(50)29-17-26(59-33-28-11-7-6-10-27(28)30(57-3)19-45-33)20-48(29)34(51)31(24(2)16-23)49(36(53)54)38(40(42,43)44)14-15-58-22-38/h5-7,9-11,19,23-26,29,31H,4,8,12-18,20-22H2,1-3H3,(H,46,50)(H,47,52)(H,53,54)/t23-,24-,25-,26-,29+,31+,38?,39-/m1/s1. The van der Waals surface area contributed by atoms with Crippen molar-refractivity contribution in [1.82, 2.24) is 24.8 Å². The number of nitrogens with one attached hydrogen (secondary N) is 2. The molecule has 4 amide bonds. The highest BCUT2D eigenvalue weighted by Gasteiger charge is 2.67. The maximum Gasteiger partial charge on any atom is 0.414 e. The van der Waals surface area contributed by atoms with E-state index in [0.29, 0.717) is 29.4 Å². The van der Waals surface area contributed by atoms with Gasteiger partial charge >= 0.3 is 12.3 Å². The van der Waals surface area contributed by atoms with Gasteiger partial charge in [-0.05, 0) is 56.4 Å². The van der Waals surface area contributed by atoms with Gasteiger partial charge in [0, 0.05) is 36.1 Å². The molecule has 60 heavy (non-hydrogen) atoms. The molecule has 0 spiro atoms. The van der Waals surface area contributed by atoms with E-state index in [-0.39, 0.29) is 48.8 Å². The molecule has 2 saturated carbocycles. The monoisotopic (exact) mass is 867 g/mol. The molecule has 15 nitrogen and oxygen atoms in total. The summed E-state index contributed by atoms with van der Waals surface area (Å²) in [5.74, 6) is -4.57. The van der Waals surface area contributed by atoms with E-state index in [1.54, 1.807) is 36.4 Å². The predicted molar refractivity (Wildman–Crippen MR) is 206 cm³/mol. The van der Waals surface area contributed by atoms with Crippen LogP contribution in [-0.2, 0) is 29.1 Å². The zero-order chi connectivity index (χ0) is 43.4. The lowest BCUT2D eigenvalue weighted by molar-refractivity contribution is -0.232. The predicted octanol–water partition coefficient (Wildman–Crippen LogP) is 4.50. The van der Waals surface area contributed by atoms with E-state index in [1.165, 1.54) is 20.2 Å². The van der Waals surface area contributed by atoms with Gasteiger partial charge < -0.3 is 29.5 Å². The van der Waals surface area contributed by atoms with Crippen molar-refractivity contribution in [3.05, 3.63) is 42.6 Å². The molecule has 328 valence electrons. The zero-order valence-electron chi connectivity index (χ0n) is 33.4. The van der Waals surface area contributed by atoms with Gasteiger partial charge in [-0.2, -0.15) is 13.2 Å². The van der Waals surface area contributed by atoms with Gasteiger partial charge in [-0.1, -0.05) is 44.2 Å². The van der Waals surface area contributed by atoms with Crippen molar-refractivity contribution in [3.63, 3.8) is 0 Å². The second-order valence-corrected chi connectivity index (χ2v) is 19.0. The molecule has 2 aliphatic carbocycles. The summed E-state index contributed by atoms with van der Waals surface area (Å²) in [5, 5.41) is 14.5. The van der Waals surface area contributed by atoms with Crippen molar-refractivity contribution >= 4 is 44.6 Å². The van der Waals surface area contributed by atoms with E-state index < -0.39 is 119 Å². The topological polar surface area (TPSA) is 194 Å². The molecular weight excluding hydrogens is 819 g/mol. The molecule has 1 aromatic carbocycles. The second-order valence-electron chi connectivity index (χ2n) is 16.9. The number of aromatic nitrogens is 1. The quantitative estimate of drug-likeness (QED) is 0.238. The third-order valence-electron chi connectivity index (χ3n) is 12.9. The zero-order valence-corrected chi connectivity index (χ0v) is 34.2. The summed E-state index contributed by atoms with van der Waals surface area (Å²) >= 11 is 0. The summed E-state index contributed by atoms with van der Waals surface area (Å²) in [6.45, 7) is 0.250. The summed E-state index contributed by atoms with van der Waals surface area (Å²) in [4.78, 5) is 62.5. The Bertz CT molecular complexity index is 2160. The van der Waals surface area contributed by atoms with Crippen LogP contribution in [0, 0.1) is 17.8 Å². The number of hydrogen-bond donors (Lipinski definition) is 3. The Balaban J connectivity index is 1.30. The fourth-order valence-electron chi connectivity index (χ4n) is 9.12. The van der Waals surface area contributed by atoms with E-state index in [9.17, 15) is 32.3 Å². The smallest absolute Gasteiger partial charge is 0.414 e. The molecule has 2 saturated heterocycles. The first kappa shape index (κ1) is 43.4. The van der Waals surface area contributed by atoms with Crippen LogP contribution < -0.4 is 19.5 Å². The lowest BCUT2D eigenvalue weighted by Crippen LogP contribution is -2.69. The maximum atomic E-state index is 15.2. The number of allylic oxidation sites excluding steroid dienone is 1. The molecule has 3 N–H and O–H groups in total. The first-order valence-corrected chi connectivity index (χ1v) is 21.5. The van der Waals surface area contributed by atoms with Crippen molar-refractivity contribution in [3.8, 4) is 11.6 Å². The Morgan fingerprint density at radius 1 is 1.13 bits per heavy atom. The van der Waals surface area contributed by atoms with Gasteiger partial charge in [0.15, 0.2) is 5.54 Å². The average molecular weight is 868 g/mol. The van der Waals surface area contributed by atoms with Crippen LogP contribution in [0.15, 0.2) is 42.6 Å². The highest BCUT2D eigenvalue weighted by Crippen LogP contribution is 2.49. The van der Waals surface area contributed by atoms with Gasteiger partial charge in [0.2, 0.25) is 27.7 Å². The maximum absolute atomic E-state index is 15.2. The Labute approximate surface area is 344 Å². The van der Waals surface area contributed by atoms with Crippen LogP contribution in [0.3, 0.4) is 0 Å². The van der Waals surface area contributed by atoms with Gasteiger partial charge in [-0.15, -0.1) is 0 Å². The molecule has 7 rings (SSSR count). The normalized spacial score (nSPS) is 31.9. The first-order valence-electron chi connectivity index (χ1n) is 20.0. The lowest BCUT2D eigenvalue weighted by Gasteiger charge is -2.46. The molecule has 0 radical (unpaired) electrons. The average Bonchev–Trinajstić information content (AvgIpc) is 4.02. The molecule has 2 aromatic rings. The summed E-state index contributed by atoms with van der Waals surface area (Å²) in [7, 11) is -3.05. The van der Waals surface area contributed by atoms with E-state index >= 15 is 18.0 Å². The molecular formula is C40H49F4N5O10S. The number of methoxy groups -OCH3 is 1. The number of carboxylic acid groups (broad SMARTS) is 1. The van der Waals surface area contributed by atoms with Crippen LogP contribution in [0.4, 0.5) is 22.4 Å². The summed E-state index contributed by atoms with van der Waals surface area (Å²) in [6.07, 6.45) is -3.45. The van der Waals surface area contributed by atoms with Gasteiger partial charge in [0.1, 0.15) is 40.9 Å². The molecule has 4 heterocycles. The number of nitrogens with zero attached hydrogens (tertiary/aromatic N) is 3. The highest BCUT2D eigenvalue weighted by molar-refractivity contribution is 7.91. The number of carbonyl (C=O) groups is 4. The van der Waals surface area contributed by atoms with Crippen LogP contribution in [0.5, 0.6) is 11.6 Å². The van der Waals surface area contributed by atoms with Crippen LogP contribution in [0.2, 0.25) is 0 Å². The summed E-state index contributed by atoms with van der Waals surface area (Å²) in [5.41, 5.74) is -4.93. The largest absolute Gasteiger partial charge is 0.494 e.